The second-order valence-corrected chi connectivity index (χ2v) is 13.7. The molecule has 0 bridgehead atoms. The maximum absolute atomic E-state index is 16.7. The zero-order valence-corrected chi connectivity index (χ0v) is 25.7. The first-order valence-corrected chi connectivity index (χ1v) is 15.3. The number of halogens is 3. The van der Waals surface area contributed by atoms with Crippen LogP contribution in [0, 0.1) is 11.3 Å². The van der Waals surface area contributed by atoms with Crippen LogP contribution in [0.25, 0.3) is 0 Å². The minimum absolute atomic E-state index is 0.0235. The standard InChI is InChI=1S/C31H39Cl2FN4O4/c1-17-23(8-6-20(16-39)42-17)36-27(40)26-25(22(34)9-14-35-18(2)32)31(30(38-26)12-10-29(3,4)11-13-30)21-7-5-19(33)15-24(21)37-28(31)41/h5,7,9,14-15,17,20,23,25-26,38-39H,2,6,8,10-13,16H2,1,3-4H3,(H,36,40)(H,37,41)/b22-9-,35-14-/t17-,20+,23-,25+,26-,31-/m1/s1. The topological polar surface area (TPSA) is 112 Å². The molecule has 4 aliphatic rings. The summed E-state index contributed by atoms with van der Waals surface area (Å²) < 4.78 is 22.5. The number of nitrogens with one attached hydrogen (secondary N) is 3. The number of aliphatic imine (C=N–C) groups is 1. The van der Waals surface area contributed by atoms with Crippen LogP contribution in [0.4, 0.5) is 10.1 Å². The molecule has 2 saturated heterocycles. The van der Waals surface area contributed by atoms with Crippen LogP contribution in [0.2, 0.25) is 5.02 Å². The zero-order valence-electron chi connectivity index (χ0n) is 24.2. The molecule has 0 radical (unpaired) electrons. The third-order valence-corrected chi connectivity index (χ3v) is 10.1. The lowest BCUT2D eigenvalue weighted by Crippen LogP contribution is -2.62. The summed E-state index contributed by atoms with van der Waals surface area (Å²) in [5.41, 5.74) is -1.18. The molecule has 3 fully saturated rings. The van der Waals surface area contributed by atoms with E-state index in [1.165, 1.54) is 6.21 Å². The Morgan fingerprint density at radius 3 is 2.64 bits per heavy atom. The van der Waals surface area contributed by atoms with E-state index in [4.69, 9.17) is 27.9 Å². The molecule has 1 saturated carbocycles. The summed E-state index contributed by atoms with van der Waals surface area (Å²) in [7, 11) is 0. The van der Waals surface area contributed by atoms with E-state index < -0.39 is 34.6 Å². The summed E-state index contributed by atoms with van der Waals surface area (Å²) in [5, 5.41) is 19.6. The number of ether oxygens (including phenoxy) is 1. The van der Waals surface area contributed by atoms with Gasteiger partial charge >= 0.3 is 0 Å². The van der Waals surface area contributed by atoms with Crippen molar-refractivity contribution in [2.75, 3.05) is 11.9 Å². The van der Waals surface area contributed by atoms with E-state index in [0.717, 1.165) is 18.9 Å². The SMILES string of the molecule is C=C(Cl)/N=C\C=C(/F)[C@H]1[C@H](C(=O)N[C@@H]2CC[C@@H](CO)O[C@@H]2C)NC2(CCC(C)(C)CC2)[C@@]12C(=O)Nc1cc(Cl)ccc12. The second kappa shape index (κ2) is 11.7. The molecule has 6 atom stereocenters. The Hall–Kier alpha value is -2.30. The maximum Gasteiger partial charge on any atom is 0.238 e. The van der Waals surface area contributed by atoms with Crippen molar-refractivity contribution in [3.63, 3.8) is 0 Å². The number of carbonyl (C=O) groups is 2. The maximum atomic E-state index is 16.7. The molecule has 3 heterocycles. The predicted octanol–water partition coefficient (Wildman–Crippen LogP) is 5.14. The van der Waals surface area contributed by atoms with Crippen LogP contribution in [0.3, 0.4) is 0 Å². The molecular formula is C31H39Cl2FN4O4. The quantitative estimate of drug-likeness (QED) is 0.260. The number of nitrogens with zero attached hydrogens (tertiary/aromatic N) is 1. The molecule has 1 aromatic carbocycles. The number of anilines is 1. The van der Waals surface area contributed by atoms with E-state index >= 15 is 4.39 Å². The van der Waals surface area contributed by atoms with Gasteiger partial charge in [0.05, 0.1) is 36.8 Å². The predicted molar refractivity (Wildman–Crippen MR) is 162 cm³/mol. The van der Waals surface area contributed by atoms with E-state index in [1.54, 1.807) is 18.2 Å². The monoisotopic (exact) mass is 620 g/mol. The molecule has 0 unspecified atom stereocenters. The third-order valence-electron chi connectivity index (χ3n) is 9.79. The van der Waals surface area contributed by atoms with E-state index in [2.05, 4.69) is 41.4 Å². The van der Waals surface area contributed by atoms with Crippen LogP contribution in [0.15, 0.2) is 46.8 Å². The first-order valence-electron chi connectivity index (χ1n) is 14.5. The van der Waals surface area contributed by atoms with Crippen LogP contribution < -0.4 is 16.0 Å². The highest BCUT2D eigenvalue weighted by Crippen LogP contribution is 2.62. The van der Waals surface area contributed by atoms with E-state index in [1.807, 2.05) is 6.92 Å². The van der Waals surface area contributed by atoms with Crippen molar-refractivity contribution >= 4 is 46.9 Å². The van der Waals surface area contributed by atoms with Gasteiger partial charge < -0.3 is 20.5 Å². The molecule has 5 rings (SSSR count). The van der Waals surface area contributed by atoms with Crippen molar-refractivity contribution in [2.45, 2.75) is 94.5 Å². The Balaban J connectivity index is 1.63. The number of aliphatic hydroxyl groups excluding tert-OH is 1. The molecule has 2 spiro atoms. The highest BCUT2D eigenvalue weighted by Gasteiger charge is 2.73. The van der Waals surface area contributed by atoms with Gasteiger partial charge in [-0.2, -0.15) is 0 Å². The molecule has 42 heavy (non-hydrogen) atoms. The van der Waals surface area contributed by atoms with Gasteiger partial charge in [0.25, 0.3) is 0 Å². The molecular weight excluding hydrogens is 582 g/mol. The highest BCUT2D eigenvalue weighted by atomic mass is 35.5. The van der Waals surface area contributed by atoms with Crippen molar-refractivity contribution < 1.29 is 23.8 Å². The summed E-state index contributed by atoms with van der Waals surface area (Å²) in [4.78, 5) is 32.4. The molecule has 8 nitrogen and oxygen atoms in total. The van der Waals surface area contributed by atoms with Gasteiger partial charge in [-0.25, -0.2) is 9.38 Å². The number of amides is 2. The number of hydrogen-bond donors (Lipinski definition) is 4. The Morgan fingerprint density at radius 1 is 1.29 bits per heavy atom. The first kappa shape index (κ1) is 31.1. The molecule has 11 heteroatoms. The number of carbonyl (C=O) groups excluding carboxylic acids is 2. The molecule has 1 aromatic rings. The second-order valence-electron chi connectivity index (χ2n) is 12.8. The number of hydrogen-bond acceptors (Lipinski definition) is 6. The number of rotatable bonds is 6. The van der Waals surface area contributed by atoms with Gasteiger partial charge in [-0.15, -0.1) is 0 Å². The Bertz CT molecular complexity index is 1320. The summed E-state index contributed by atoms with van der Waals surface area (Å²) >= 11 is 12.1. The van der Waals surface area contributed by atoms with Crippen LogP contribution in [-0.4, -0.2) is 59.6 Å². The van der Waals surface area contributed by atoms with Gasteiger partial charge in [-0.3, -0.25) is 14.9 Å². The highest BCUT2D eigenvalue weighted by molar-refractivity contribution is 6.31. The van der Waals surface area contributed by atoms with Crippen molar-refractivity contribution in [1.82, 2.24) is 10.6 Å². The summed E-state index contributed by atoms with van der Waals surface area (Å²) in [6, 6.07) is 3.74. The van der Waals surface area contributed by atoms with Gasteiger partial charge in [-0.1, -0.05) is 49.7 Å². The van der Waals surface area contributed by atoms with Gasteiger partial charge in [0.15, 0.2) is 0 Å². The van der Waals surface area contributed by atoms with Crippen LogP contribution in [-0.2, 0) is 19.7 Å². The van der Waals surface area contributed by atoms with Gasteiger partial charge in [0.2, 0.25) is 11.8 Å². The largest absolute Gasteiger partial charge is 0.394 e. The molecule has 2 amide bonds. The summed E-state index contributed by atoms with van der Waals surface area (Å²) in [6.07, 6.45) is 5.61. The first-order chi connectivity index (χ1) is 19.8. The van der Waals surface area contributed by atoms with Crippen molar-refractivity contribution in [1.29, 1.82) is 0 Å². The van der Waals surface area contributed by atoms with E-state index in [-0.39, 0.29) is 41.3 Å². The molecule has 228 valence electrons. The van der Waals surface area contributed by atoms with Crippen LogP contribution in [0.1, 0.15) is 64.9 Å². The molecule has 1 aliphatic carbocycles. The summed E-state index contributed by atoms with van der Waals surface area (Å²) in [5.74, 6) is -2.64. The molecule has 4 N–H and O–H groups in total. The number of fused-ring (bicyclic) bond motifs is 3. The van der Waals surface area contributed by atoms with E-state index in [9.17, 15) is 14.7 Å². The normalized spacial score (nSPS) is 33.6. The minimum atomic E-state index is -1.44. The van der Waals surface area contributed by atoms with Crippen LogP contribution in [0.5, 0.6) is 0 Å². The lowest BCUT2D eigenvalue weighted by Gasteiger charge is -2.50. The third kappa shape index (κ3) is 5.32. The Kier molecular flexibility index (Phi) is 8.64. The Morgan fingerprint density at radius 2 is 2.00 bits per heavy atom. The molecule has 3 aliphatic heterocycles. The minimum Gasteiger partial charge on any atom is -0.394 e. The zero-order chi connectivity index (χ0) is 30.4. The summed E-state index contributed by atoms with van der Waals surface area (Å²) in [6.45, 7) is 9.64. The Labute approximate surface area is 256 Å². The van der Waals surface area contributed by atoms with Gasteiger partial charge in [0.1, 0.15) is 16.4 Å². The fourth-order valence-corrected chi connectivity index (χ4v) is 7.79. The molecule has 0 aromatic heterocycles. The average Bonchev–Trinajstić information content (AvgIpc) is 3.39. The van der Waals surface area contributed by atoms with Crippen molar-refractivity contribution in [3.05, 3.63) is 52.4 Å². The lowest BCUT2D eigenvalue weighted by molar-refractivity contribution is -0.129. The van der Waals surface area contributed by atoms with Crippen LogP contribution >= 0.6 is 23.2 Å². The number of allylic oxidation sites excluding steroid dienone is 1. The lowest BCUT2D eigenvalue weighted by atomic mass is 9.54. The number of benzene rings is 1. The average molecular weight is 622 g/mol. The smallest absolute Gasteiger partial charge is 0.238 e. The van der Waals surface area contributed by atoms with Crippen molar-refractivity contribution in [3.8, 4) is 0 Å². The van der Waals surface area contributed by atoms with E-state index in [0.29, 0.717) is 42.0 Å². The van der Waals surface area contributed by atoms with Crippen molar-refractivity contribution in [2.24, 2.45) is 16.3 Å². The van der Waals surface area contributed by atoms with Gasteiger partial charge in [0, 0.05) is 22.5 Å². The number of aliphatic hydroxyl groups is 1. The fraction of sp³-hybridized carbons (Fsp3) is 0.581. The fourth-order valence-electron chi connectivity index (χ4n) is 7.56. The van der Waals surface area contributed by atoms with Gasteiger partial charge in [-0.05, 0) is 74.6 Å².